The van der Waals surface area contributed by atoms with Crippen molar-refractivity contribution in [2.24, 2.45) is 5.92 Å². The Morgan fingerprint density at radius 1 is 1.42 bits per heavy atom. The number of pyridine rings is 1. The van der Waals surface area contributed by atoms with E-state index < -0.39 is 7.32 Å². The van der Waals surface area contributed by atoms with Crippen molar-refractivity contribution in [2.45, 2.75) is 38.6 Å². The zero-order chi connectivity index (χ0) is 17.7. The van der Waals surface area contributed by atoms with Gasteiger partial charge in [0.1, 0.15) is 11.6 Å². The zero-order valence-corrected chi connectivity index (χ0v) is 13.9. The van der Waals surface area contributed by atoms with E-state index in [2.05, 4.69) is 15.6 Å². The summed E-state index contributed by atoms with van der Waals surface area (Å²) in [6.07, 6.45) is 4.25. The Morgan fingerprint density at radius 3 is 2.83 bits per heavy atom. The second-order valence-electron chi connectivity index (χ2n) is 5.69. The van der Waals surface area contributed by atoms with E-state index in [1.54, 1.807) is 0 Å². The molecule has 2 rings (SSSR count). The summed E-state index contributed by atoms with van der Waals surface area (Å²) in [5, 5.41) is 23.3. The predicted octanol–water partition coefficient (Wildman–Crippen LogP) is 0.717. The molecule has 1 aromatic heterocycles. The number of rotatable bonds is 5. The Labute approximate surface area is 144 Å². The van der Waals surface area contributed by atoms with Gasteiger partial charge in [0.25, 0.3) is 0 Å². The highest BCUT2D eigenvalue weighted by Crippen LogP contribution is 2.28. The lowest BCUT2D eigenvalue weighted by molar-refractivity contribution is -0.123. The monoisotopic (exact) mass is 355 g/mol. The summed E-state index contributed by atoms with van der Waals surface area (Å²) in [6.45, 7) is 1.46. The van der Waals surface area contributed by atoms with Gasteiger partial charge in [-0.2, -0.15) is 0 Å². The van der Waals surface area contributed by atoms with Crippen LogP contribution in [-0.2, 0) is 9.59 Å². The number of anilines is 1. The van der Waals surface area contributed by atoms with Crippen molar-refractivity contribution in [1.82, 2.24) is 10.3 Å². The molecule has 0 spiro atoms. The van der Waals surface area contributed by atoms with Crippen LogP contribution in [0.15, 0.2) is 12.3 Å². The highest BCUT2D eigenvalue weighted by molar-refractivity contribution is 6.36. The number of nitrogens with one attached hydrogen (secondary N) is 2. The van der Waals surface area contributed by atoms with Crippen molar-refractivity contribution in [2.75, 3.05) is 5.32 Å². The molecule has 1 heterocycles. The lowest BCUT2D eigenvalue weighted by Crippen LogP contribution is -2.40. The fourth-order valence-electron chi connectivity index (χ4n) is 2.77. The van der Waals surface area contributed by atoms with Crippen molar-refractivity contribution < 1.29 is 24.3 Å². The maximum atomic E-state index is 12.4. The Morgan fingerprint density at radius 2 is 2.17 bits per heavy atom. The summed E-state index contributed by atoms with van der Waals surface area (Å²) in [4.78, 5) is 27.5. The van der Waals surface area contributed by atoms with Crippen LogP contribution in [0.2, 0.25) is 5.02 Å². The first-order valence-electron chi connectivity index (χ1n) is 7.61. The summed E-state index contributed by atoms with van der Waals surface area (Å²) in [6, 6.07) is 1.31. The molecule has 2 atom stereocenters. The molecule has 8 nitrogen and oxygen atoms in total. The molecule has 0 radical (unpaired) electrons. The van der Waals surface area contributed by atoms with Gasteiger partial charge >= 0.3 is 7.32 Å². The molecule has 10 heteroatoms. The molecule has 1 fully saturated rings. The third-order valence-corrected chi connectivity index (χ3v) is 4.04. The van der Waals surface area contributed by atoms with E-state index in [9.17, 15) is 9.59 Å². The van der Waals surface area contributed by atoms with Gasteiger partial charge in [0.05, 0.1) is 11.2 Å². The van der Waals surface area contributed by atoms with E-state index in [-0.39, 0.29) is 40.4 Å². The molecule has 0 aromatic carbocycles. The van der Waals surface area contributed by atoms with E-state index in [0.717, 1.165) is 19.3 Å². The number of amides is 2. The van der Waals surface area contributed by atoms with Gasteiger partial charge in [0.2, 0.25) is 11.8 Å². The molecule has 0 saturated heterocycles. The summed E-state index contributed by atoms with van der Waals surface area (Å²) >= 11 is 5.83. The molecule has 1 aromatic rings. The zero-order valence-electron chi connectivity index (χ0n) is 13.2. The Kier molecular flexibility index (Phi) is 6.41. The number of aromatic nitrogens is 1. The molecule has 2 amide bonds. The van der Waals surface area contributed by atoms with Crippen LogP contribution in [0.5, 0.6) is 5.75 Å². The van der Waals surface area contributed by atoms with Crippen LogP contribution >= 0.6 is 11.6 Å². The van der Waals surface area contributed by atoms with Gasteiger partial charge in [-0.05, 0) is 19.3 Å². The van der Waals surface area contributed by atoms with Gasteiger partial charge in [-0.25, -0.2) is 4.98 Å². The topological polar surface area (TPSA) is 121 Å². The lowest BCUT2D eigenvalue weighted by Gasteiger charge is -2.28. The molecule has 0 aliphatic heterocycles. The van der Waals surface area contributed by atoms with Crippen LogP contribution in [0.25, 0.3) is 0 Å². The molecule has 0 unspecified atom stereocenters. The minimum atomic E-state index is -2.02. The van der Waals surface area contributed by atoms with E-state index >= 15 is 0 Å². The number of carbonyl (C=O) groups excluding carboxylic acids is 2. The van der Waals surface area contributed by atoms with Crippen LogP contribution < -0.4 is 15.3 Å². The van der Waals surface area contributed by atoms with E-state index in [1.807, 2.05) is 0 Å². The van der Waals surface area contributed by atoms with Gasteiger partial charge in [0.15, 0.2) is 0 Å². The van der Waals surface area contributed by atoms with Crippen LogP contribution in [0, 0.1) is 5.92 Å². The fourth-order valence-corrected chi connectivity index (χ4v) is 2.92. The molecule has 1 aliphatic carbocycles. The summed E-state index contributed by atoms with van der Waals surface area (Å²) in [7, 11) is -2.02. The summed E-state index contributed by atoms with van der Waals surface area (Å²) in [5.41, 5.74) is 0. The smallest absolute Gasteiger partial charge is 0.511 e. The largest absolute Gasteiger partial charge is 0.707 e. The highest BCUT2D eigenvalue weighted by atomic mass is 35.5. The number of hydrogen-bond donors (Lipinski definition) is 4. The number of carbonyl (C=O) groups is 2. The Bertz CT molecular complexity index is 616. The van der Waals surface area contributed by atoms with E-state index in [4.69, 9.17) is 26.3 Å². The third-order valence-electron chi connectivity index (χ3n) is 3.76. The fraction of sp³-hybridized carbons (Fsp3) is 0.500. The standard InChI is InChI=1S/C14H19BClN3O5/c1-8(20)18-10-4-2-3-9(5-10)14(21)19-13-6-12(24-15(22)23)11(16)7-17-13/h6-7,9-10,22-23H,2-5H2,1H3,(H,18,20)(H,17,19,21)/t9-,10+/m0/s1. The van der Waals surface area contributed by atoms with Gasteiger partial charge in [-0.15, -0.1) is 0 Å². The van der Waals surface area contributed by atoms with Crippen molar-refractivity contribution in [1.29, 1.82) is 0 Å². The first kappa shape index (κ1) is 18.5. The van der Waals surface area contributed by atoms with Gasteiger partial charge < -0.3 is 25.3 Å². The third kappa shape index (κ3) is 5.36. The molecule has 1 aliphatic rings. The first-order valence-corrected chi connectivity index (χ1v) is 7.99. The summed E-state index contributed by atoms with van der Waals surface area (Å²) < 4.78 is 4.71. The van der Waals surface area contributed by atoms with Gasteiger partial charge in [0, 0.05) is 24.9 Å². The average molecular weight is 356 g/mol. The minimum absolute atomic E-state index is 0.00302. The quantitative estimate of drug-likeness (QED) is 0.577. The van der Waals surface area contributed by atoms with Crippen molar-refractivity contribution in [3.8, 4) is 5.75 Å². The van der Waals surface area contributed by atoms with Crippen molar-refractivity contribution >= 4 is 36.6 Å². The van der Waals surface area contributed by atoms with Gasteiger partial charge in [-0.1, -0.05) is 18.0 Å². The molecule has 4 N–H and O–H groups in total. The molecular weight excluding hydrogens is 336 g/mol. The molecule has 1 saturated carbocycles. The Balaban J connectivity index is 2.00. The Hall–Kier alpha value is -1.84. The SMILES string of the molecule is CC(=O)N[C@@H]1CCC[C@H](C(=O)Nc2cc(OB(O)O)c(Cl)cn2)C1. The molecule has 0 bridgehead atoms. The average Bonchev–Trinajstić information content (AvgIpc) is 2.49. The maximum Gasteiger partial charge on any atom is 0.707 e. The molecular formula is C14H19BClN3O5. The second kappa shape index (κ2) is 8.32. The van der Waals surface area contributed by atoms with Crippen LogP contribution in [-0.4, -0.2) is 40.2 Å². The number of hydrogen-bond acceptors (Lipinski definition) is 6. The molecule has 24 heavy (non-hydrogen) atoms. The molecule has 130 valence electrons. The highest BCUT2D eigenvalue weighted by Gasteiger charge is 2.28. The normalized spacial score (nSPS) is 20.2. The van der Waals surface area contributed by atoms with Crippen LogP contribution in [0.4, 0.5) is 5.82 Å². The lowest BCUT2D eigenvalue weighted by atomic mass is 9.85. The minimum Gasteiger partial charge on any atom is -0.511 e. The van der Waals surface area contributed by atoms with Gasteiger partial charge in [-0.3, -0.25) is 9.59 Å². The first-order chi connectivity index (χ1) is 11.3. The van der Waals surface area contributed by atoms with E-state index in [0.29, 0.717) is 6.42 Å². The van der Waals surface area contributed by atoms with Crippen LogP contribution in [0.1, 0.15) is 32.6 Å². The number of nitrogens with zero attached hydrogens (tertiary/aromatic N) is 1. The maximum absolute atomic E-state index is 12.4. The predicted molar refractivity (Wildman–Crippen MR) is 88.3 cm³/mol. The second-order valence-corrected chi connectivity index (χ2v) is 6.10. The van der Waals surface area contributed by atoms with Crippen molar-refractivity contribution in [3.05, 3.63) is 17.3 Å². The van der Waals surface area contributed by atoms with Crippen LogP contribution in [0.3, 0.4) is 0 Å². The van der Waals surface area contributed by atoms with E-state index in [1.165, 1.54) is 19.2 Å². The summed E-state index contributed by atoms with van der Waals surface area (Å²) in [5.74, 6) is -0.362. The number of halogens is 1. The van der Waals surface area contributed by atoms with Crippen molar-refractivity contribution in [3.63, 3.8) is 0 Å².